The third kappa shape index (κ3) is 3.72. The highest BCUT2D eigenvalue weighted by Crippen LogP contribution is 2.35. The van der Waals surface area contributed by atoms with Crippen molar-refractivity contribution in [2.75, 3.05) is 13.1 Å². The van der Waals surface area contributed by atoms with Crippen LogP contribution in [0, 0.1) is 0 Å². The van der Waals surface area contributed by atoms with Gasteiger partial charge in [-0.05, 0) is 38.6 Å². The van der Waals surface area contributed by atoms with E-state index in [2.05, 4.69) is 11.8 Å². The minimum absolute atomic E-state index is 0.339. The van der Waals surface area contributed by atoms with Crippen LogP contribution < -0.4 is 5.73 Å². The van der Waals surface area contributed by atoms with Gasteiger partial charge in [-0.1, -0.05) is 51.9 Å². The van der Waals surface area contributed by atoms with Crippen LogP contribution in [0.5, 0.6) is 0 Å². The van der Waals surface area contributed by atoms with Gasteiger partial charge < -0.3 is 5.73 Å². The van der Waals surface area contributed by atoms with E-state index in [1.165, 1.54) is 83.6 Å². The van der Waals surface area contributed by atoms with Gasteiger partial charge in [0.2, 0.25) is 0 Å². The smallest absolute Gasteiger partial charge is 0.0334 e. The molecular formula is C17H34N2. The molecule has 0 spiro atoms. The number of hydrogen-bond donors (Lipinski definition) is 1. The third-order valence-corrected chi connectivity index (χ3v) is 5.62. The Labute approximate surface area is 120 Å². The molecule has 2 fully saturated rings. The molecule has 2 aliphatic rings. The normalized spacial score (nSPS) is 30.3. The monoisotopic (exact) mass is 266 g/mol. The van der Waals surface area contributed by atoms with Gasteiger partial charge in [0.15, 0.2) is 0 Å². The second kappa shape index (κ2) is 7.64. The van der Waals surface area contributed by atoms with Gasteiger partial charge in [-0.25, -0.2) is 0 Å². The van der Waals surface area contributed by atoms with Gasteiger partial charge in [-0.15, -0.1) is 0 Å². The SMILES string of the molecule is CCC1CCCCCN1C1(CN)CCCCCCC1. The zero-order valence-electron chi connectivity index (χ0n) is 13.0. The second-order valence-electron chi connectivity index (χ2n) is 6.80. The van der Waals surface area contributed by atoms with Gasteiger partial charge in [-0.3, -0.25) is 4.90 Å². The molecule has 0 aromatic carbocycles. The van der Waals surface area contributed by atoms with Crippen LogP contribution in [0.2, 0.25) is 0 Å². The fourth-order valence-electron chi connectivity index (χ4n) is 4.40. The van der Waals surface area contributed by atoms with Crippen LogP contribution in [0.3, 0.4) is 0 Å². The van der Waals surface area contributed by atoms with Gasteiger partial charge in [-0.2, -0.15) is 0 Å². The lowest BCUT2D eigenvalue weighted by Gasteiger charge is -2.48. The second-order valence-corrected chi connectivity index (χ2v) is 6.80. The van der Waals surface area contributed by atoms with Crippen LogP contribution in [0.4, 0.5) is 0 Å². The fourth-order valence-corrected chi connectivity index (χ4v) is 4.40. The molecule has 2 nitrogen and oxygen atoms in total. The quantitative estimate of drug-likeness (QED) is 0.834. The van der Waals surface area contributed by atoms with Crippen molar-refractivity contribution in [2.45, 2.75) is 95.6 Å². The molecule has 19 heavy (non-hydrogen) atoms. The van der Waals surface area contributed by atoms with E-state index in [1.807, 2.05) is 0 Å². The average Bonchev–Trinajstić information content (AvgIpc) is 2.65. The molecule has 2 N–H and O–H groups in total. The average molecular weight is 266 g/mol. The van der Waals surface area contributed by atoms with E-state index in [1.54, 1.807) is 0 Å². The molecule has 112 valence electrons. The lowest BCUT2D eigenvalue weighted by atomic mass is 9.81. The summed E-state index contributed by atoms with van der Waals surface area (Å²) in [6.07, 6.45) is 16.7. The maximum atomic E-state index is 6.32. The summed E-state index contributed by atoms with van der Waals surface area (Å²) in [6, 6.07) is 0.797. The van der Waals surface area contributed by atoms with Crippen molar-refractivity contribution in [3.05, 3.63) is 0 Å². The molecule has 0 radical (unpaired) electrons. The summed E-state index contributed by atoms with van der Waals surface area (Å²) in [5, 5.41) is 0. The fraction of sp³-hybridized carbons (Fsp3) is 1.00. The first-order valence-corrected chi connectivity index (χ1v) is 8.79. The summed E-state index contributed by atoms with van der Waals surface area (Å²) in [5.74, 6) is 0. The molecule has 1 aliphatic carbocycles. The van der Waals surface area contributed by atoms with Gasteiger partial charge in [0.05, 0.1) is 0 Å². The van der Waals surface area contributed by atoms with Gasteiger partial charge in [0, 0.05) is 18.1 Å². The summed E-state index contributed by atoms with van der Waals surface area (Å²) < 4.78 is 0. The van der Waals surface area contributed by atoms with Gasteiger partial charge >= 0.3 is 0 Å². The molecule has 1 unspecified atom stereocenters. The van der Waals surface area contributed by atoms with Crippen LogP contribution >= 0.6 is 0 Å². The van der Waals surface area contributed by atoms with Crippen LogP contribution in [0.15, 0.2) is 0 Å². The minimum Gasteiger partial charge on any atom is -0.329 e. The van der Waals surface area contributed by atoms with E-state index >= 15 is 0 Å². The maximum absolute atomic E-state index is 6.32. The first-order chi connectivity index (χ1) is 9.32. The Balaban J connectivity index is 2.14. The molecule has 1 aliphatic heterocycles. The molecule has 0 aromatic heterocycles. The number of likely N-dealkylation sites (tertiary alicyclic amines) is 1. The van der Waals surface area contributed by atoms with Gasteiger partial charge in [0.25, 0.3) is 0 Å². The molecule has 2 heteroatoms. The molecule has 1 atom stereocenters. The van der Waals surface area contributed by atoms with E-state index in [9.17, 15) is 0 Å². The Kier molecular flexibility index (Phi) is 6.15. The summed E-state index contributed by atoms with van der Waals surface area (Å²) in [4.78, 5) is 2.87. The first kappa shape index (κ1) is 15.3. The van der Waals surface area contributed by atoms with E-state index in [-0.39, 0.29) is 0 Å². The maximum Gasteiger partial charge on any atom is 0.0334 e. The van der Waals surface area contributed by atoms with Crippen molar-refractivity contribution in [2.24, 2.45) is 5.73 Å². The zero-order chi connectivity index (χ0) is 13.6. The number of nitrogens with two attached hydrogens (primary N) is 1. The molecule has 1 heterocycles. The van der Waals surface area contributed by atoms with Crippen molar-refractivity contribution in [3.8, 4) is 0 Å². The molecule has 2 rings (SSSR count). The topological polar surface area (TPSA) is 29.3 Å². The number of rotatable bonds is 3. The highest BCUT2D eigenvalue weighted by Gasteiger charge is 2.38. The van der Waals surface area contributed by atoms with E-state index in [4.69, 9.17) is 5.73 Å². The van der Waals surface area contributed by atoms with E-state index in [0.29, 0.717) is 5.54 Å². The lowest BCUT2D eigenvalue weighted by molar-refractivity contribution is 0.0266. The Bertz CT molecular complexity index is 244. The predicted molar refractivity (Wildman–Crippen MR) is 83.4 cm³/mol. The van der Waals surface area contributed by atoms with E-state index < -0.39 is 0 Å². The summed E-state index contributed by atoms with van der Waals surface area (Å²) in [6.45, 7) is 4.55. The Hall–Kier alpha value is -0.0800. The summed E-state index contributed by atoms with van der Waals surface area (Å²) in [5.41, 5.74) is 6.65. The highest BCUT2D eigenvalue weighted by molar-refractivity contribution is 4.96. The van der Waals surface area contributed by atoms with Crippen LogP contribution in [-0.2, 0) is 0 Å². The predicted octanol–water partition coefficient (Wildman–Crippen LogP) is 4.08. The Morgan fingerprint density at radius 2 is 1.58 bits per heavy atom. The van der Waals surface area contributed by atoms with Crippen LogP contribution in [0.1, 0.15) is 84.0 Å². The van der Waals surface area contributed by atoms with Crippen molar-refractivity contribution < 1.29 is 0 Å². The minimum atomic E-state index is 0.339. The largest absolute Gasteiger partial charge is 0.329 e. The molecule has 0 aromatic rings. The number of nitrogens with zero attached hydrogens (tertiary/aromatic N) is 1. The van der Waals surface area contributed by atoms with Crippen LogP contribution in [0.25, 0.3) is 0 Å². The molecule has 1 saturated heterocycles. The zero-order valence-corrected chi connectivity index (χ0v) is 13.0. The van der Waals surface area contributed by atoms with E-state index in [0.717, 1.165) is 12.6 Å². The Morgan fingerprint density at radius 3 is 2.21 bits per heavy atom. The molecular weight excluding hydrogens is 232 g/mol. The third-order valence-electron chi connectivity index (χ3n) is 5.62. The summed E-state index contributed by atoms with van der Waals surface area (Å²) in [7, 11) is 0. The molecule has 0 bridgehead atoms. The number of hydrogen-bond acceptors (Lipinski definition) is 2. The van der Waals surface area contributed by atoms with Gasteiger partial charge in [0.1, 0.15) is 0 Å². The van der Waals surface area contributed by atoms with Crippen molar-refractivity contribution >= 4 is 0 Å². The standard InChI is InChI=1S/C17H34N2/c1-2-16-11-7-6-10-14-19(16)17(15-18)12-8-4-3-5-9-13-17/h16H,2-15,18H2,1H3. The molecule has 0 amide bonds. The van der Waals surface area contributed by atoms with Crippen molar-refractivity contribution in [1.29, 1.82) is 0 Å². The highest BCUT2D eigenvalue weighted by atomic mass is 15.2. The lowest BCUT2D eigenvalue weighted by Crippen LogP contribution is -2.57. The van der Waals surface area contributed by atoms with Crippen LogP contribution in [-0.4, -0.2) is 29.6 Å². The first-order valence-electron chi connectivity index (χ1n) is 8.79. The molecule has 1 saturated carbocycles. The Morgan fingerprint density at radius 1 is 0.947 bits per heavy atom. The van der Waals surface area contributed by atoms with Crippen molar-refractivity contribution in [1.82, 2.24) is 4.90 Å². The van der Waals surface area contributed by atoms with Crippen molar-refractivity contribution in [3.63, 3.8) is 0 Å². The summed E-state index contributed by atoms with van der Waals surface area (Å²) >= 11 is 0.